The number of hydrogen-bond donors (Lipinski definition) is 1. The van der Waals surface area contributed by atoms with E-state index in [4.69, 9.17) is 4.74 Å². The number of hydrogen-bond acceptors (Lipinski definition) is 4. The maximum atomic E-state index is 5.24. The lowest BCUT2D eigenvalue weighted by Crippen LogP contribution is -2.29. The molecular weight excluding hydrogens is 204 g/mol. The Bertz CT molecular complexity index is 300. The van der Waals surface area contributed by atoms with Gasteiger partial charge in [-0.15, -0.1) is 5.10 Å². The second kappa shape index (κ2) is 6.60. The summed E-state index contributed by atoms with van der Waals surface area (Å²) >= 11 is 0. The Labute approximate surface area is 97.2 Å². The molecule has 92 valence electrons. The highest BCUT2D eigenvalue weighted by molar-refractivity contribution is 4.95. The molecule has 5 nitrogen and oxygen atoms in total. The van der Waals surface area contributed by atoms with Gasteiger partial charge in [-0.2, -0.15) is 0 Å². The predicted octanol–water partition coefficient (Wildman–Crippen LogP) is 0.761. The van der Waals surface area contributed by atoms with Crippen LogP contribution >= 0.6 is 0 Å². The average molecular weight is 226 g/mol. The third kappa shape index (κ3) is 4.28. The monoisotopic (exact) mass is 226 g/mol. The molecule has 0 radical (unpaired) electrons. The quantitative estimate of drug-likeness (QED) is 0.746. The molecule has 0 saturated carbocycles. The van der Waals surface area contributed by atoms with E-state index in [1.54, 1.807) is 11.8 Å². The number of ether oxygens (including phenoxy) is 1. The molecule has 0 bridgehead atoms. The van der Waals surface area contributed by atoms with Gasteiger partial charge in [0.25, 0.3) is 0 Å². The number of aromatic nitrogens is 3. The molecule has 0 saturated heterocycles. The summed E-state index contributed by atoms with van der Waals surface area (Å²) in [5, 5.41) is 11.3. The van der Waals surface area contributed by atoms with E-state index in [9.17, 15) is 0 Å². The minimum absolute atomic E-state index is 0.317. The van der Waals surface area contributed by atoms with Crippen molar-refractivity contribution in [2.24, 2.45) is 7.05 Å². The predicted molar refractivity (Wildman–Crippen MR) is 63.3 cm³/mol. The lowest BCUT2D eigenvalue weighted by molar-refractivity contribution is 0.106. The Morgan fingerprint density at radius 2 is 2.25 bits per heavy atom. The number of aryl methyl sites for hydroxylation is 1. The zero-order valence-corrected chi connectivity index (χ0v) is 10.6. The molecule has 0 aliphatic rings. The van der Waals surface area contributed by atoms with Crippen LogP contribution in [0.2, 0.25) is 0 Å². The molecule has 0 amide bonds. The Morgan fingerprint density at radius 3 is 2.75 bits per heavy atom. The zero-order chi connectivity index (χ0) is 12.0. The maximum Gasteiger partial charge on any atom is 0.0842 e. The van der Waals surface area contributed by atoms with E-state index < -0.39 is 0 Å². The number of nitrogens with zero attached hydrogens (tertiary/aromatic N) is 3. The number of methoxy groups -OCH3 is 1. The third-order valence-electron chi connectivity index (χ3n) is 2.84. The van der Waals surface area contributed by atoms with Crippen molar-refractivity contribution in [3.8, 4) is 0 Å². The first-order chi connectivity index (χ1) is 7.65. The summed E-state index contributed by atoms with van der Waals surface area (Å²) in [4.78, 5) is 0. The van der Waals surface area contributed by atoms with Gasteiger partial charge in [0.15, 0.2) is 0 Å². The van der Waals surface area contributed by atoms with Crippen LogP contribution in [0.3, 0.4) is 0 Å². The first-order valence-electron chi connectivity index (χ1n) is 5.71. The highest BCUT2D eigenvalue weighted by Crippen LogP contribution is 2.08. The number of nitrogens with one attached hydrogen (secondary N) is 1. The molecule has 5 heteroatoms. The number of rotatable bonds is 7. The molecule has 0 aromatic carbocycles. The van der Waals surface area contributed by atoms with Gasteiger partial charge in [-0.3, -0.25) is 4.68 Å². The normalized spacial score (nSPS) is 15.0. The SMILES string of the molecule is CNC(CCC(C)OC)Cc1cn(C)nn1. The van der Waals surface area contributed by atoms with Crippen molar-refractivity contribution >= 4 is 0 Å². The van der Waals surface area contributed by atoms with Crippen LogP contribution < -0.4 is 5.32 Å². The van der Waals surface area contributed by atoms with Crippen LogP contribution in [0.15, 0.2) is 6.20 Å². The fourth-order valence-electron chi connectivity index (χ4n) is 1.64. The largest absolute Gasteiger partial charge is 0.382 e. The Morgan fingerprint density at radius 1 is 1.50 bits per heavy atom. The van der Waals surface area contributed by atoms with E-state index in [0.29, 0.717) is 12.1 Å². The van der Waals surface area contributed by atoms with Gasteiger partial charge in [-0.25, -0.2) is 0 Å². The van der Waals surface area contributed by atoms with Crippen LogP contribution in [0.1, 0.15) is 25.5 Å². The highest BCUT2D eigenvalue weighted by atomic mass is 16.5. The summed E-state index contributed by atoms with van der Waals surface area (Å²) in [5.74, 6) is 0. The smallest absolute Gasteiger partial charge is 0.0842 e. The molecule has 1 aromatic rings. The van der Waals surface area contributed by atoms with E-state index in [-0.39, 0.29) is 0 Å². The van der Waals surface area contributed by atoms with Gasteiger partial charge in [0.2, 0.25) is 0 Å². The lowest BCUT2D eigenvalue weighted by Gasteiger charge is -2.16. The van der Waals surface area contributed by atoms with Gasteiger partial charge >= 0.3 is 0 Å². The molecule has 2 unspecified atom stereocenters. The molecule has 2 atom stereocenters. The lowest BCUT2D eigenvalue weighted by atomic mass is 10.0. The summed E-state index contributed by atoms with van der Waals surface area (Å²) in [6.07, 6.45) is 5.34. The standard InChI is InChI=1S/C11H22N4O/c1-9(16-4)5-6-10(12-2)7-11-8-15(3)14-13-11/h8-10,12H,5-7H2,1-4H3. The van der Waals surface area contributed by atoms with E-state index in [2.05, 4.69) is 22.6 Å². The Balaban J connectivity index is 2.37. The van der Waals surface area contributed by atoms with Crippen molar-refractivity contribution in [2.45, 2.75) is 38.3 Å². The first kappa shape index (κ1) is 13.1. The topological polar surface area (TPSA) is 52.0 Å². The van der Waals surface area contributed by atoms with Gasteiger partial charge in [0.1, 0.15) is 0 Å². The average Bonchev–Trinajstić information content (AvgIpc) is 2.69. The van der Waals surface area contributed by atoms with Crippen molar-refractivity contribution in [3.05, 3.63) is 11.9 Å². The molecule has 1 N–H and O–H groups in total. The molecule has 1 aromatic heterocycles. The Kier molecular flexibility index (Phi) is 5.42. The summed E-state index contributed by atoms with van der Waals surface area (Å²) in [6.45, 7) is 2.09. The van der Waals surface area contributed by atoms with Crippen LogP contribution in [0, 0.1) is 0 Å². The summed E-state index contributed by atoms with van der Waals surface area (Å²) in [5.41, 5.74) is 1.03. The molecule has 16 heavy (non-hydrogen) atoms. The molecular formula is C11H22N4O. The zero-order valence-electron chi connectivity index (χ0n) is 10.6. The van der Waals surface area contributed by atoms with E-state index in [0.717, 1.165) is 25.0 Å². The van der Waals surface area contributed by atoms with Crippen molar-refractivity contribution in [2.75, 3.05) is 14.2 Å². The second-order valence-electron chi connectivity index (χ2n) is 4.20. The van der Waals surface area contributed by atoms with E-state index in [1.165, 1.54) is 0 Å². The molecule has 0 aliphatic heterocycles. The third-order valence-corrected chi connectivity index (χ3v) is 2.84. The van der Waals surface area contributed by atoms with Crippen molar-refractivity contribution < 1.29 is 4.74 Å². The maximum absolute atomic E-state index is 5.24. The van der Waals surface area contributed by atoms with Crippen LogP contribution in [0.4, 0.5) is 0 Å². The van der Waals surface area contributed by atoms with Gasteiger partial charge in [-0.05, 0) is 26.8 Å². The minimum Gasteiger partial charge on any atom is -0.382 e. The fraction of sp³-hybridized carbons (Fsp3) is 0.818. The van der Waals surface area contributed by atoms with Crippen molar-refractivity contribution in [3.63, 3.8) is 0 Å². The molecule has 0 fully saturated rings. The van der Waals surface area contributed by atoms with Crippen molar-refractivity contribution in [1.29, 1.82) is 0 Å². The van der Waals surface area contributed by atoms with Crippen LogP contribution in [-0.2, 0) is 18.2 Å². The van der Waals surface area contributed by atoms with E-state index in [1.807, 2.05) is 20.3 Å². The van der Waals surface area contributed by atoms with Crippen LogP contribution in [-0.4, -0.2) is 41.3 Å². The van der Waals surface area contributed by atoms with Crippen LogP contribution in [0.5, 0.6) is 0 Å². The first-order valence-corrected chi connectivity index (χ1v) is 5.71. The van der Waals surface area contributed by atoms with Crippen LogP contribution in [0.25, 0.3) is 0 Å². The second-order valence-corrected chi connectivity index (χ2v) is 4.20. The van der Waals surface area contributed by atoms with Crippen molar-refractivity contribution in [1.82, 2.24) is 20.3 Å². The van der Waals surface area contributed by atoms with Gasteiger partial charge in [0.05, 0.1) is 11.8 Å². The Hall–Kier alpha value is -0.940. The highest BCUT2D eigenvalue weighted by Gasteiger charge is 2.11. The van der Waals surface area contributed by atoms with E-state index >= 15 is 0 Å². The van der Waals surface area contributed by atoms with Gasteiger partial charge in [-0.1, -0.05) is 5.21 Å². The van der Waals surface area contributed by atoms with Gasteiger partial charge < -0.3 is 10.1 Å². The molecule has 1 heterocycles. The van der Waals surface area contributed by atoms with Gasteiger partial charge in [0, 0.05) is 32.8 Å². The fourth-order valence-corrected chi connectivity index (χ4v) is 1.64. The molecule has 0 spiro atoms. The minimum atomic E-state index is 0.317. The summed E-state index contributed by atoms with van der Waals surface area (Å²) in [6, 6.07) is 0.439. The summed E-state index contributed by atoms with van der Waals surface area (Å²) < 4.78 is 6.98. The molecule has 0 aliphatic carbocycles. The number of likely N-dealkylation sites (N-methyl/N-ethyl adjacent to an activating group) is 1. The summed E-state index contributed by atoms with van der Waals surface area (Å²) in [7, 11) is 5.62. The molecule has 1 rings (SSSR count).